The smallest absolute Gasteiger partial charge is 0.264 e. The third kappa shape index (κ3) is 6.37. The molecule has 0 radical (unpaired) electrons. The van der Waals surface area contributed by atoms with E-state index in [1.165, 1.54) is 0 Å². The van der Waals surface area contributed by atoms with Crippen molar-refractivity contribution in [1.82, 2.24) is 20.3 Å². The van der Waals surface area contributed by atoms with Gasteiger partial charge in [-0.25, -0.2) is 0 Å². The van der Waals surface area contributed by atoms with E-state index in [4.69, 9.17) is 0 Å². The first-order chi connectivity index (χ1) is 22.4. The lowest BCUT2D eigenvalue weighted by Gasteiger charge is -2.28. The van der Waals surface area contributed by atoms with Gasteiger partial charge >= 0.3 is 0 Å². The highest BCUT2D eigenvalue weighted by atomic mass is 16.3. The molecule has 2 amide bonds. The number of amides is 2. The van der Waals surface area contributed by atoms with Crippen molar-refractivity contribution in [3.63, 3.8) is 0 Å². The SMILES string of the molecule is C[C@@H](/C=C/CCn1cc(C(CO)c2ccccc2)nn1)[C@]1(O)C(=O)N(Cc2ccccc2)c2ccc(NC(=O)[C@H]3CCCN3)cc21. The second-order valence-corrected chi connectivity index (χ2v) is 12.1. The van der Waals surface area contributed by atoms with E-state index in [-0.39, 0.29) is 24.5 Å². The Morgan fingerprint density at radius 3 is 2.61 bits per heavy atom. The Kier molecular flexibility index (Phi) is 9.39. The molecule has 46 heavy (non-hydrogen) atoms. The van der Waals surface area contributed by atoms with Crippen LogP contribution in [0.3, 0.4) is 0 Å². The molecule has 1 unspecified atom stereocenters. The second kappa shape index (κ2) is 13.8. The monoisotopic (exact) mass is 620 g/mol. The number of carbonyl (C=O) groups is 2. The molecule has 4 N–H and O–H groups in total. The Morgan fingerprint density at radius 2 is 1.89 bits per heavy atom. The minimum Gasteiger partial charge on any atom is -0.395 e. The molecule has 238 valence electrons. The number of fused-ring (bicyclic) bond motifs is 1. The van der Waals surface area contributed by atoms with Crippen molar-refractivity contribution in [3.05, 3.63) is 120 Å². The number of aliphatic hydroxyl groups is 2. The molecule has 4 atom stereocenters. The van der Waals surface area contributed by atoms with Crippen LogP contribution >= 0.6 is 0 Å². The number of nitrogens with zero attached hydrogens (tertiary/aromatic N) is 4. The third-order valence-corrected chi connectivity index (χ3v) is 9.00. The Labute approximate surface area is 268 Å². The maximum Gasteiger partial charge on any atom is 0.264 e. The molecule has 1 aromatic heterocycles. The summed E-state index contributed by atoms with van der Waals surface area (Å²) in [6.45, 7) is 3.42. The summed E-state index contributed by atoms with van der Waals surface area (Å²) in [7, 11) is 0. The number of aryl methyl sites for hydroxylation is 1. The molecule has 10 nitrogen and oxygen atoms in total. The number of allylic oxidation sites excluding steroid dienone is 1. The zero-order chi connectivity index (χ0) is 32.1. The van der Waals surface area contributed by atoms with Gasteiger partial charge in [0.2, 0.25) is 5.91 Å². The van der Waals surface area contributed by atoms with Crippen LogP contribution in [0, 0.1) is 5.92 Å². The molecule has 2 aliphatic heterocycles. The number of rotatable bonds is 12. The largest absolute Gasteiger partial charge is 0.395 e. The zero-order valence-corrected chi connectivity index (χ0v) is 25.9. The number of aromatic nitrogens is 3. The lowest BCUT2D eigenvalue weighted by molar-refractivity contribution is -0.139. The molecule has 4 aromatic rings. The van der Waals surface area contributed by atoms with Crippen molar-refractivity contribution in [1.29, 1.82) is 0 Å². The number of benzene rings is 3. The van der Waals surface area contributed by atoms with E-state index in [1.54, 1.807) is 27.8 Å². The Morgan fingerprint density at radius 1 is 1.13 bits per heavy atom. The molecule has 1 saturated heterocycles. The fourth-order valence-corrected chi connectivity index (χ4v) is 6.37. The molecule has 0 saturated carbocycles. The topological polar surface area (TPSA) is 133 Å². The maximum absolute atomic E-state index is 14.0. The molecule has 2 aliphatic rings. The van der Waals surface area contributed by atoms with E-state index in [2.05, 4.69) is 20.9 Å². The van der Waals surface area contributed by atoms with E-state index in [0.717, 1.165) is 30.5 Å². The van der Waals surface area contributed by atoms with Gasteiger partial charge < -0.3 is 25.7 Å². The summed E-state index contributed by atoms with van der Waals surface area (Å²) in [6, 6.07) is 24.5. The fraction of sp³-hybridized carbons (Fsp3) is 0.333. The van der Waals surface area contributed by atoms with Gasteiger partial charge in [-0.05, 0) is 55.1 Å². The number of hydrogen-bond acceptors (Lipinski definition) is 7. The quantitative estimate of drug-likeness (QED) is 0.175. The van der Waals surface area contributed by atoms with E-state index in [9.17, 15) is 19.8 Å². The Hall–Kier alpha value is -4.64. The first-order valence-electron chi connectivity index (χ1n) is 15.9. The molecular weight excluding hydrogens is 580 g/mol. The molecule has 0 aliphatic carbocycles. The highest BCUT2D eigenvalue weighted by Crippen LogP contribution is 2.47. The van der Waals surface area contributed by atoms with E-state index in [0.29, 0.717) is 42.1 Å². The van der Waals surface area contributed by atoms with E-state index >= 15 is 0 Å². The van der Waals surface area contributed by atoms with E-state index in [1.807, 2.05) is 85.9 Å². The van der Waals surface area contributed by atoms with Crippen LogP contribution in [0.4, 0.5) is 11.4 Å². The summed E-state index contributed by atoms with van der Waals surface area (Å²) in [5.41, 5.74) is 2.43. The number of aliphatic hydroxyl groups excluding tert-OH is 1. The van der Waals surface area contributed by atoms with Crippen LogP contribution in [0.15, 0.2) is 97.2 Å². The lowest BCUT2D eigenvalue weighted by atomic mass is 9.82. The normalized spacial score (nSPS) is 20.6. The lowest BCUT2D eigenvalue weighted by Crippen LogP contribution is -2.44. The molecule has 3 aromatic carbocycles. The summed E-state index contributed by atoms with van der Waals surface area (Å²) in [5.74, 6) is -1.34. The van der Waals surface area contributed by atoms with Gasteiger partial charge in [-0.2, -0.15) is 0 Å². The summed E-state index contributed by atoms with van der Waals surface area (Å²) in [4.78, 5) is 28.5. The van der Waals surface area contributed by atoms with Gasteiger partial charge in [0, 0.05) is 29.9 Å². The first kappa shape index (κ1) is 31.3. The van der Waals surface area contributed by atoms with Crippen LogP contribution in [-0.4, -0.2) is 56.2 Å². The summed E-state index contributed by atoms with van der Waals surface area (Å²) < 4.78 is 1.73. The fourth-order valence-electron chi connectivity index (χ4n) is 6.37. The molecule has 3 heterocycles. The van der Waals surface area contributed by atoms with Gasteiger partial charge in [0.15, 0.2) is 5.60 Å². The van der Waals surface area contributed by atoms with Crippen molar-refractivity contribution in [2.24, 2.45) is 5.92 Å². The second-order valence-electron chi connectivity index (χ2n) is 12.1. The van der Waals surface area contributed by atoms with Crippen molar-refractivity contribution in [2.75, 3.05) is 23.4 Å². The molecule has 0 bridgehead atoms. The summed E-state index contributed by atoms with van der Waals surface area (Å²) >= 11 is 0. The van der Waals surface area contributed by atoms with Gasteiger partial charge in [-0.15, -0.1) is 5.10 Å². The zero-order valence-electron chi connectivity index (χ0n) is 25.9. The number of anilines is 2. The number of hydrogen-bond donors (Lipinski definition) is 4. The molecule has 0 spiro atoms. The van der Waals surface area contributed by atoms with Crippen molar-refractivity contribution in [3.8, 4) is 0 Å². The standard InChI is InChI=1S/C36H40N6O4/c1-25(11-8-9-20-41-23-32(39-40-41)29(24-43)27-14-6-3-7-15-27)36(46)30-21-28(38-34(44)31-16-10-19-37-31)17-18-33(30)42(35(36)45)22-26-12-4-2-5-13-26/h2-8,11-15,17-18,21,23,25,29,31,37,43,46H,9-10,16,19-20,22,24H2,1H3,(H,38,44)/b11-8+/t25-,29?,31+,36+/m0/s1. The molecule has 6 rings (SSSR count). The predicted molar refractivity (Wildman–Crippen MR) is 176 cm³/mol. The highest BCUT2D eigenvalue weighted by Gasteiger charge is 2.52. The van der Waals surface area contributed by atoms with Gasteiger partial charge in [-0.3, -0.25) is 14.3 Å². The number of nitrogens with one attached hydrogen (secondary N) is 2. The van der Waals surface area contributed by atoms with Gasteiger partial charge in [0.25, 0.3) is 5.91 Å². The third-order valence-electron chi connectivity index (χ3n) is 9.00. The van der Waals surface area contributed by atoms with Gasteiger partial charge in [0.1, 0.15) is 0 Å². The minimum absolute atomic E-state index is 0.0711. The average Bonchev–Trinajstić information content (AvgIpc) is 3.83. The van der Waals surface area contributed by atoms with Crippen molar-refractivity contribution in [2.45, 2.75) is 56.8 Å². The van der Waals surface area contributed by atoms with Crippen molar-refractivity contribution >= 4 is 23.2 Å². The molecule has 10 heteroatoms. The van der Waals surface area contributed by atoms with Crippen LogP contribution in [0.25, 0.3) is 0 Å². The summed E-state index contributed by atoms with van der Waals surface area (Å²) in [5, 5.41) is 36.9. The van der Waals surface area contributed by atoms with Gasteiger partial charge in [-0.1, -0.05) is 85.0 Å². The predicted octanol–water partition coefficient (Wildman–Crippen LogP) is 4.11. The van der Waals surface area contributed by atoms with Crippen LogP contribution in [-0.2, 0) is 28.3 Å². The summed E-state index contributed by atoms with van der Waals surface area (Å²) in [6.07, 6.45) is 7.96. The maximum atomic E-state index is 14.0. The van der Waals surface area contributed by atoms with Crippen LogP contribution in [0.5, 0.6) is 0 Å². The molecular formula is C36H40N6O4. The van der Waals surface area contributed by atoms with Crippen molar-refractivity contribution < 1.29 is 19.8 Å². The highest BCUT2D eigenvalue weighted by molar-refractivity contribution is 6.08. The Bertz CT molecular complexity index is 1690. The average molecular weight is 621 g/mol. The first-order valence-corrected chi connectivity index (χ1v) is 15.9. The number of carbonyl (C=O) groups excluding carboxylic acids is 2. The Balaban J connectivity index is 1.19. The van der Waals surface area contributed by atoms with Crippen LogP contribution < -0.4 is 15.5 Å². The minimum atomic E-state index is -1.82. The van der Waals surface area contributed by atoms with Gasteiger partial charge in [0.05, 0.1) is 36.5 Å². The van der Waals surface area contributed by atoms with Crippen LogP contribution in [0.1, 0.15) is 54.5 Å². The van der Waals surface area contributed by atoms with Crippen LogP contribution in [0.2, 0.25) is 0 Å². The molecule has 1 fully saturated rings. The van der Waals surface area contributed by atoms with E-state index < -0.39 is 17.4 Å².